The van der Waals surface area contributed by atoms with E-state index in [9.17, 15) is 0 Å². The lowest BCUT2D eigenvalue weighted by molar-refractivity contribution is 1.23. The lowest BCUT2D eigenvalue weighted by atomic mass is 10.2. The van der Waals surface area contributed by atoms with Crippen LogP contribution in [0.25, 0.3) is 0 Å². The van der Waals surface area contributed by atoms with Gasteiger partial charge in [0.15, 0.2) is 0 Å². The topological polar surface area (TPSA) is 76.8 Å². The number of nitrogen functional groups attached to an aromatic ring is 2. The van der Waals surface area contributed by atoms with Crippen LogP contribution in [0.2, 0.25) is 0 Å². The second-order valence-electron chi connectivity index (χ2n) is 3.32. The van der Waals surface area contributed by atoms with Gasteiger partial charge >= 0.3 is 0 Å². The molecule has 0 aliphatic carbocycles. The minimum Gasteiger partial charge on any atom is -0.397 e. The maximum absolute atomic E-state index is 5.75. The fraction of sp³-hybridized carbons (Fsp3) is 0. The molecule has 80 valence electrons. The molecule has 0 bridgehead atoms. The zero-order valence-electron chi connectivity index (χ0n) is 8.67. The largest absolute Gasteiger partial charge is 0.397 e. The van der Waals surface area contributed by atoms with Crippen LogP contribution in [0.4, 0.5) is 22.7 Å². The Bertz CT molecular complexity index is 485. The van der Waals surface area contributed by atoms with Gasteiger partial charge in [0.25, 0.3) is 0 Å². The van der Waals surface area contributed by atoms with E-state index < -0.39 is 0 Å². The third-order valence-electron chi connectivity index (χ3n) is 2.12. The highest BCUT2D eigenvalue weighted by atomic mass is 15.1. The van der Waals surface area contributed by atoms with Gasteiger partial charge in [-0.1, -0.05) is 24.3 Å². The van der Waals surface area contributed by atoms with E-state index in [0.717, 1.165) is 5.69 Å². The minimum atomic E-state index is 0.520. The van der Waals surface area contributed by atoms with E-state index in [1.807, 2.05) is 30.3 Å². The lowest BCUT2D eigenvalue weighted by Gasteiger charge is -2.01. The molecule has 0 atom stereocenters. The fourth-order valence-corrected chi connectivity index (χ4v) is 1.30. The standard InChI is InChI=1S/C12H12N4/c13-10-7-4-8-11(14)12(10)16-15-9-5-2-1-3-6-9/h1-8H,13-14H2. The smallest absolute Gasteiger partial charge is 0.131 e. The molecule has 0 spiro atoms. The van der Waals surface area contributed by atoms with Gasteiger partial charge in [-0.25, -0.2) is 0 Å². The molecule has 0 saturated heterocycles. The summed E-state index contributed by atoms with van der Waals surface area (Å²) < 4.78 is 0. The molecule has 2 aromatic rings. The van der Waals surface area contributed by atoms with Gasteiger partial charge in [0, 0.05) is 0 Å². The van der Waals surface area contributed by atoms with Crippen molar-refractivity contribution in [2.75, 3.05) is 11.5 Å². The Balaban J connectivity index is 2.31. The summed E-state index contributed by atoms with van der Waals surface area (Å²) in [5.41, 5.74) is 13.8. The first-order valence-corrected chi connectivity index (χ1v) is 4.88. The van der Waals surface area contributed by atoms with E-state index in [4.69, 9.17) is 11.5 Å². The maximum Gasteiger partial charge on any atom is 0.131 e. The average molecular weight is 212 g/mol. The molecule has 2 rings (SSSR count). The molecule has 0 aliphatic heterocycles. The highest BCUT2D eigenvalue weighted by molar-refractivity contribution is 5.75. The number of benzene rings is 2. The average Bonchev–Trinajstić information content (AvgIpc) is 2.30. The normalized spacial score (nSPS) is 10.8. The van der Waals surface area contributed by atoms with Gasteiger partial charge in [0.05, 0.1) is 17.1 Å². The Hall–Kier alpha value is -2.36. The number of azo groups is 1. The molecule has 0 unspecified atom stereocenters. The summed E-state index contributed by atoms with van der Waals surface area (Å²) in [6.07, 6.45) is 0. The van der Waals surface area contributed by atoms with Crippen LogP contribution >= 0.6 is 0 Å². The van der Waals surface area contributed by atoms with E-state index in [1.165, 1.54) is 0 Å². The first-order valence-electron chi connectivity index (χ1n) is 4.88. The summed E-state index contributed by atoms with van der Waals surface area (Å²) in [6.45, 7) is 0. The number of rotatable bonds is 2. The second-order valence-corrected chi connectivity index (χ2v) is 3.32. The van der Waals surface area contributed by atoms with Crippen LogP contribution in [-0.4, -0.2) is 0 Å². The zero-order valence-corrected chi connectivity index (χ0v) is 8.67. The Labute approximate surface area is 93.6 Å². The number of anilines is 2. The number of nitrogens with two attached hydrogens (primary N) is 2. The van der Waals surface area contributed by atoms with E-state index in [-0.39, 0.29) is 0 Å². The van der Waals surface area contributed by atoms with Crippen molar-refractivity contribution in [1.29, 1.82) is 0 Å². The van der Waals surface area contributed by atoms with Crippen molar-refractivity contribution >= 4 is 22.7 Å². The molecular formula is C12H12N4. The van der Waals surface area contributed by atoms with Crippen LogP contribution in [0.1, 0.15) is 0 Å². The number of hydrogen-bond donors (Lipinski definition) is 2. The predicted molar refractivity (Wildman–Crippen MR) is 65.9 cm³/mol. The highest BCUT2D eigenvalue weighted by Crippen LogP contribution is 2.30. The van der Waals surface area contributed by atoms with Crippen molar-refractivity contribution in [3.8, 4) is 0 Å². The van der Waals surface area contributed by atoms with Gasteiger partial charge < -0.3 is 11.5 Å². The molecule has 0 saturated carbocycles. The van der Waals surface area contributed by atoms with Gasteiger partial charge in [-0.3, -0.25) is 0 Å². The summed E-state index contributed by atoms with van der Waals surface area (Å²) in [4.78, 5) is 0. The molecule has 0 heterocycles. The van der Waals surface area contributed by atoms with E-state index in [1.54, 1.807) is 18.2 Å². The molecule has 0 fully saturated rings. The number of nitrogens with zero attached hydrogens (tertiary/aromatic N) is 2. The minimum absolute atomic E-state index is 0.520. The lowest BCUT2D eigenvalue weighted by Crippen LogP contribution is -1.90. The van der Waals surface area contributed by atoms with Crippen molar-refractivity contribution in [3.05, 3.63) is 48.5 Å². The van der Waals surface area contributed by atoms with Gasteiger partial charge in [0.1, 0.15) is 5.69 Å². The summed E-state index contributed by atoms with van der Waals surface area (Å²) in [6, 6.07) is 14.7. The first kappa shape index (κ1) is 10.2. The Morgan fingerprint density at radius 2 is 1.31 bits per heavy atom. The molecule has 0 aliphatic rings. The zero-order chi connectivity index (χ0) is 11.4. The molecule has 0 aromatic heterocycles. The van der Waals surface area contributed by atoms with Crippen molar-refractivity contribution in [2.45, 2.75) is 0 Å². The Morgan fingerprint density at radius 1 is 0.688 bits per heavy atom. The molecule has 4 heteroatoms. The third-order valence-corrected chi connectivity index (χ3v) is 2.12. The Morgan fingerprint density at radius 3 is 1.94 bits per heavy atom. The molecule has 2 aromatic carbocycles. The quantitative estimate of drug-likeness (QED) is 0.592. The monoisotopic (exact) mass is 212 g/mol. The van der Waals surface area contributed by atoms with Crippen LogP contribution < -0.4 is 11.5 Å². The predicted octanol–water partition coefficient (Wildman–Crippen LogP) is 3.27. The SMILES string of the molecule is Nc1cccc(N)c1N=Nc1ccccc1. The van der Waals surface area contributed by atoms with Crippen molar-refractivity contribution in [1.82, 2.24) is 0 Å². The first-order chi connectivity index (χ1) is 7.77. The van der Waals surface area contributed by atoms with E-state index in [2.05, 4.69) is 10.2 Å². The third kappa shape index (κ3) is 2.17. The van der Waals surface area contributed by atoms with Crippen molar-refractivity contribution in [2.24, 2.45) is 10.2 Å². The maximum atomic E-state index is 5.75. The number of hydrogen-bond acceptors (Lipinski definition) is 4. The van der Waals surface area contributed by atoms with Gasteiger partial charge in [0.2, 0.25) is 0 Å². The molecule has 0 radical (unpaired) electrons. The molecule has 4 nitrogen and oxygen atoms in total. The summed E-state index contributed by atoms with van der Waals surface area (Å²) in [7, 11) is 0. The summed E-state index contributed by atoms with van der Waals surface area (Å²) in [5, 5.41) is 8.11. The molecular weight excluding hydrogens is 200 g/mol. The van der Waals surface area contributed by atoms with Crippen LogP contribution in [0.3, 0.4) is 0 Å². The van der Waals surface area contributed by atoms with Crippen LogP contribution in [0, 0.1) is 0 Å². The van der Waals surface area contributed by atoms with Crippen LogP contribution in [0.5, 0.6) is 0 Å². The van der Waals surface area contributed by atoms with Gasteiger partial charge in [-0.15, -0.1) is 5.11 Å². The van der Waals surface area contributed by atoms with E-state index >= 15 is 0 Å². The summed E-state index contributed by atoms with van der Waals surface area (Å²) >= 11 is 0. The van der Waals surface area contributed by atoms with Crippen molar-refractivity contribution in [3.63, 3.8) is 0 Å². The van der Waals surface area contributed by atoms with Crippen LogP contribution in [0.15, 0.2) is 58.8 Å². The fourth-order valence-electron chi connectivity index (χ4n) is 1.30. The van der Waals surface area contributed by atoms with Crippen LogP contribution in [-0.2, 0) is 0 Å². The van der Waals surface area contributed by atoms with Gasteiger partial charge in [-0.2, -0.15) is 5.11 Å². The molecule has 4 N–H and O–H groups in total. The van der Waals surface area contributed by atoms with Crippen molar-refractivity contribution < 1.29 is 0 Å². The second kappa shape index (κ2) is 4.44. The molecule has 16 heavy (non-hydrogen) atoms. The van der Waals surface area contributed by atoms with E-state index in [0.29, 0.717) is 17.1 Å². The Kier molecular flexibility index (Phi) is 2.82. The molecule has 0 amide bonds. The highest BCUT2D eigenvalue weighted by Gasteiger charge is 2.01. The summed E-state index contributed by atoms with van der Waals surface area (Å²) in [5.74, 6) is 0. The van der Waals surface area contributed by atoms with Gasteiger partial charge in [-0.05, 0) is 24.3 Å².